The Morgan fingerprint density at radius 2 is 1.92 bits per heavy atom. The standard InChI is InChI=1S/C20H23ClN2O/c1-3-23(18-6-4-5-15(2)13-18)19(24)22-14-20(11-12-20)16-7-9-17(21)10-8-16/h4-10,13H,3,11-12,14H2,1-2H3,(H,22,24). The average molecular weight is 343 g/mol. The van der Waals surface area contributed by atoms with Gasteiger partial charge in [-0.3, -0.25) is 4.90 Å². The van der Waals surface area contributed by atoms with Crippen molar-refractivity contribution in [3.8, 4) is 0 Å². The molecular formula is C20H23ClN2O. The van der Waals surface area contributed by atoms with Crippen molar-refractivity contribution < 1.29 is 4.79 Å². The summed E-state index contributed by atoms with van der Waals surface area (Å²) in [5.41, 5.74) is 3.42. The number of halogens is 1. The van der Waals surface area contributed by atoms with Crippen LogP contribution in [-0.4, -0.2) is 19.1 Å². The van der Waals surface area contributed by atoms with Crippen molar-refractivity contribution in [2.24, 2.45) is 0 Å². The minimum absolute atomic E-state index is 0.0386. The van der Waals surface area contributed by atoms with Crippen LogP contribution >= 0.6 is 11.6 Å². The Hall–Kier alpha value is -2.00. The number of rotatable bonds is 5. The lowest BCUT2D eigenvalue weighted by Crippen LogP contribution is -2.43. The van der Waals surface area contributed by atoms with Gasteiger partial charge in [0, 0.05) is 29.2 Å². The predicted molar refractivity (Wildman–Crippen MR) is 100.0 cm³/mol. The van der Waals surface area contributed by atoms with E-state index in [4.69, 9.17) is 11.6 Å². The number of amides is 2. The number of anilines is 1. The molecule has 1 aliphatic carbocycles. The number of hydrogen-bond donors (Lipinski definition) is 1. The average Bonchev–Trinajstić information content (AvgIpc) is 3.35. The van der Waals surface area contributed by atoms with Gasteiger partial charge < -0.3 is 5.32 Å². The molecule has 2 aromatic rings. The molecule has 0 aromatic heterocycles. The highest BCUT2D eigenvalue weighted by atomic mass is 35.5. The summed E-state index contributed by atoms with van der Waals surface area (Å²) in [5, 5.41) is 3.87. The Kier molecular flexibility index (Phi) is 4.81. The van der Waals surface area contributed by atoms with Gasteiger partial charge in [0.1, 0.15) is 0 Å². The lowest BCUT2D eigenvalue weighted by Gasteiger charge is -2.24. The van der Waals surface area contributed by atoms with Crippen molar-refractivity contribution in [2.45, 2.75) is 32.1 Å². The first-order chi connectivity index (χ1) is 11.5. The van der Waals surface area contributed by atoms with E-state index in [1.54, 1.807) is 4.90 Å². The van der Waals surface area contributed by atoms with Crippen molar-refractivity contribution in [2.75, 3.05) is 18.0 Å². The SMILES string of the molecule is CCN(C(=O)NCC1(c2ccc(Cl)cc2)CC1)c1cccc(C)c1. The van der Waals surface area contributed by atoms with Crippen molar-refractivity contribution in [3.63, 3.8) is 0 Å². The first-order valence-electron chi connectivity index (χ1n) is 8.42. The van der Waals surface area contributed by atoms with Gasteiger partial charge in [0.2, 0.25) is 0 Å². The molecule has 0 unspecified atom stereocenters. The fourth-order valence-electron chi connectivity index (χ4n) is 3.10. The van der Waals surface area contributed by atoms with E-state index >= 15 is 0 Å². The summed E-state index contributed by atoms with van der Waals surface area (Å²) in [6.45, 7) is 5.34. The smallest absolute Gasteiger partial charge is 0.321 e. The molecule has 3 nitrogen and oxygen atoms in total. The third-order valence-electron chi connectivity index (χ3n) is 4.76. The van der Waals surface area contributed by atoms with E-state index in [9.17, 15) is 4.79 Å². The zero-order chi connectivity index (χ0) is 17.2. The molecule has 1 aliphatic rings. The molecular weight excluding hydrogens is 320 g/mol. The van der Waals surface area contributed by atoms with Gasteiger partial charge >= 0.3 is 6.03 Å². The van der Waals surface area contributed by atoms with E-state index < -0.39 is 0 Å². The summed E-state index contributed by atoms with van der Waals surface area (Å²) in [4.78, 5) is 14.4. The Morgan fingerprint density at radius 3 is 2.50 bits per heavy atom. The fourth-order valence-corrected chi connectivity index (χ4v) is 3.23. The molecule has 0 radical (unpaired) electrons. The maximum absolute atomic E-state index is 12.6. The highest BCUT2D eigenvalue weighted by Crippen LogP contribution is 2.47. The molecule has 2 aromatic carbocycles. The molecule has 4 heteroatoms. The van der Waals surface area contributed by atoms with E-state index in [2.05, 4.69) is 17.4 Å². The summed E-state index contributed by atoms with van der Waals surface area (Å²) in [6.07, 6.45) is 2.21. The first kappa shape index (κ1) is 16.8. The molecule has 0 saturated heterocycles. The van der Waals surface area contributed by atoms with Crippen molar-refractivity contribution >= 4 is 23.3 Å². The van der Waals surface area contributed by atoms with Crippen LogP contribution in [0.2, 0.25) is 5.02 Å². The maximum Gasteiger partial charge on any atom is 0.321 e. The minimum atomic E-state index is -0.0386. The third-order valence-corrected chi connectivity index (χ3v) is 5.01. The quantitative estimate of drug-likeness (QED) is 0.822. The van der Waals surface area contributed by atoms with Gasteiger partial charge in [-0.05, 0) is 62.1 Å². The molecule has 0 spiro atoms. The summed E-state index contributed by atoms with van der Waals surface area (Å²) in [6, 6.07) is 16.0. The van der Waals surface area contributed by atoms with Crippen LogP contribution in [0.15, 0.2) is 48.5 Å². The molecule has 1 N–H and O–H groups in total. The number of carbonyl (C=O) groups excluding carboxylic acids is 1. The predicted octanol–water partition coefficient (Wildman–Crippen LogP) is 4.92. The van der Waals surface area contributed by atoms with Crippen LogP contribution in [-0.2, 0) is 5.41 Å². The minimum Gasteiger partial charge on any atom is -0.337 e. The lowest BCUT2D eigenvalue weighted by molar-refractivity contribution is 0.245. The van der Waals surface area contributed by atoms with Crippen LogP contribution in [0.3, 0.4) is 0 Å². The molecule has 1 fully saturated rings. The number of nitrogens with zero attached hydrogens (tertiary/aromatic N) is 1. The number of urea groups is 1. The van der Waals surface area contributed by atoms with Crippen LogP contribution in [0, 0.1) is 6.92 Å². The maximum atomic E-state index is 12.6. The lowest BCUT2D eigenvalue weighted by atomic mass is 9.96. The van der Waals surface area contributed by atoms with Crippen molar-refractivity contribution in [1.29, 1.82) is 0 Å². The Bertz CT molecular complexity index is 723. The van der Waals surface area contributed by atoms with Crippen LogP contribution in [0.4, 0.5) is 10.5 Å². The molecule has 0 aliphatic heterocycles. The van der Waals surface area contributed by atoms with Gasteiger partial charge in [-0.15, -0.1) is 0 Å². The van der Waals surface area contributed by atoms with E-state index in [0.717, 1.165) is 29.1 Å². The third kappa shape index (κ3) is 3.57. The van der Waals surface area contributed by atoms with Crippen LogP contribution in [0.1, 0.15) is 30.9 Å². The fraction of sp³-hybridized carbons (Fsp3) is 0.350. The summed E-state index contributed by atoms with van der Waals surface area (Å²) < 4.78 is 0. The number of benzene rings is 2. The largest absolute Gasteiger partial charge is 0.337 e. The molecule has 3 rings (SSSR count). The van der Waals surface area contributed by atoms with Crippen molar-refractivity contribution in [1.82, 2.24) is 5.32 Å². The summed E-state index contributed by atoms with van der Waals surface area (Å²) in [7, 11) is 0. The second-order valence-corrected chi connectivity index (χ2v) is 6.97. The number of aryl methyl sites for hydroxylation is 1. The second-order valence-electron chi connectivity index (χ2n) is 6.53. The van der Waals surface area contributed by atoms with Crippen molar-refractivity contribution in [3.05, 3.63) is 64.7 Å². The van der Waals surface area contributed by atoms with Crippen LogP contribution < -0.4 is 10.2 Å². The molecule has 0 heterocycles. The monoisotopic (exact) mass is 342 g/mol. The van der Waals surface area contributed by atoms with E-state index in [1.807, 2.05) is 50.2 Å². The van der Waals surface area contributed by atoms with E-state index in [-0.39, 0.29) is 11.4 Å². The van der Waals surface area contributed by atoms with Gasteiger partial charge in [0.15, 0.2) is 0 Å². The van der Waals surface area contributed by atoms with Gasteiger partial charge in [-0.1, -0.05) is 35.9 Å². The van der Waals surface area contributed by atoms with E-state index in [0.29, 0.717) is 13.1 Å². The molecule has 2 amide bonds. The topological polar surface area (TPSA) is 32.3 Å². The molecule has 24 heavy (non-hydrogen) atoms. The van der Waals surface area contributed by atoms with Gasteiger partial charge in [-0.25, -0.2) is 4.79 Å². The van der Waals surface area contributed by atoms with E-state index in [1.165, 1.54) is 5.56 Å². The number of hydrogen-bond acceptors (Lipinski definition) is 1. The van der Waals surface area contributed by atoms with Gasteiger partial charge in [-0.2, -0.15) is 0 Å². The van der Waals surface area contributed by atoms with Crippen LogP contribution in [0.25, 0.3) is 0 Å². The first-order valence-corrected chi connectivity index (χ1v) is 8.80. The highest BCUT2D eigenvalue weighted by Gasteiger charge is 2.44. The molecule has 126 valence electrons. The van der Waals surface area contributed by atoms with Gasteiger partial charge in [0.25, 0.3) is 0 Å². The highest BCUT2D eigenvalue weighted by molar-refractivity contribution is 6.30. The second kappa shape index (κ2) is 6.86. The van der Waals surface area contributed by atoms with Crippen LogP contribution in [0.5, 0.6) is 0 Å². The summed E-state index contributed by atoms with van der Waals surface area (Å²) in [5.74, 6) is 0. The summed E-state index contributed by atoms with van der Waals surface area (Å²) >= 11 is 5.97. The molecule has 0 bridgehead atoms. The van der Waals surface area contributed by atoms with Gasteiger partial charge in [0.05, 0.1) is 0 Å². The molecule has 1 saturated carbocycles. The Morgan fingerprint density at radius 1 is 1.21 bits per heavy atom. The zero-order valence-corrected chi connectivity index (χ0v) is 14.9. The molecule has 0 atom stereocenters. The zero-order valence-electron chi connectivity index (χ0n) is 14.2. The Labute approximate surface area is 148 Å². The normalized spacial score (nSPS) is 15.0. The number of nitrogens with one attached hydrogen (secondary N) is 1. The Balaban J connectivity index is 1.67. The number of carbonyl (C=O) groups is 1.